The van der Waals surface area contributed by atoms with E-state index in [9.17, 15) is 9.59 Å². The first-order valence-electron chi connectivity index (χ1n) is 10.2. The van der Waals surface area contributed by atoms with E-state index in [1.165, 1.54) is 4.88 Å². The van der Waals surface area contributed by atoms with Gasteiger partial charge in [0.25, 0.3) is 0 Å². The minimum Gasteiger partial charge on any atom is -0.333 e. The molecule has 0 fully saturated rings. The van der Waals surface area contributed by atoms with E-state index in [4.69, 9.17) is 0 Å². The molecule has 5 heteroatoms. The molecule has 1 heterocycles. The fraction of sp³-hybridized carbons (Fsp3) is 0.500. The molecule has 0 atom stereocenters. The number of carbonyl (C=O) groups is 2. The number of aryl methyl sites for hydroxylation is 1. The quantitative estimate of drug-likeness (QED) is 0.602. The molecule has 1 aromatic heterocycles. The molecule has 0 aliphatic heterocycles. The molecule has 2 aromatic rings. The summed E-state index contributed by atoms with van der Waals surface area (Å²) >= 11 is 1.71. The third-order valence-electron chi connectivity index (χ3n) is 4.55. The molecule has 158 valence electrons. The molecule has 29 heavy (non-hydrogen) atoms. The van der Waals surface area contributed by atoms with Gasteiger partial charge in [-0.3, -0.25) is 9.59 Å². The van der Waals surface area contributed by atoms with Gasteiger partial charge in [0.1, 0.15) is 0 Å². The van der Waals surface area contributed by atoms with Crippen LogP contribution in [0.15, 0.2) is 42.5 Å². The van der Waals surface area contributed by atoms with Crippen LogP contribution >= 0.6 is 11.3 Å². The predicted molar refractivity (Wildman–Crippen MR) is 121 cm³/mol. The van der Waals surface area contributed by atoms with Crippen LogP contribution in [0.3, 0.4) is 0 Å². The van der Waals surface area contributed by atoms with E-state index < -0.39 is 5.41 Å². The van der Waals surface area contributed by atoms with Gasteiger partial charge < -0.3 is 9.80 Å². The van der Waals surface area contributed by atoms with E-state index in [-0.39, 0.29) is 18.4 Å². The Labute approximate surface area is 179 Å². The van der Waals surface area contributed by atoms with Gasteiger partial charge in [0.2, 0.25) is 11.8 Å². The minimum atomic E-state index is -0.510. The lowest BCUT2D eigenvalue weighted by molar-refractivity contribution is -0.146. The topological polar surface area (TPSA) is 40.6 Å². The summed E-state index contributed by atoms with van der Waals surface area (Å²) in [5.41, 5.74) is 0.580. The molecule has 1 aromatic carbocycles. The summed E-state index contributed by atoms with van der Waals surface area (Å²) in [5, 5.41) is 0. The average molecular weight is 415 g/mol. The Morgan fingerprint density at radius 3 is 2.14 bits per heavy atom. The van der Waals surface area contributed by atoms with Gasteiger partial charge in [-0.05, 0) is 30.5 Å². The van der Waals surface area contributed by atoms with Crippen LogP contribution in [0.25, 0.3) is 0 Å². The lowest BCUT2D eigenvalue weighted by atomic mass is 9.94. The maximum atomic E-state index is 13.3. The van der Waals surface area contributed by atoms with Crippen molar-refractivity contribution in [3.63, 3.8) is 0 Å². The molecular formula is C24H34N2O2S. The highest BCUT2D eigenvalue weighted by Gasteiger charge is 2.30. The Bertz CT molecular complexity index is 806. The monoisotopic (exact) mass is 414 g/mol. The fourth-order valence-electron chi connectivity index (χ4n) is 3.19. The lowest BCUT2D eigenvalue weighted by Crippen LogP contribution is -2.47. The smallest absolute Gasteiger partial charge is 0.242 e. The van der Waals surface area contributed by atoms with Crippen LogP contribution in [0.5, 0.6) is 0 Å². The second-order valence-corrected chi connectivity index (χ2v) is 10.4. The van der Waals surface area contributed by atoms with E-state index in [0.29, 0.717) is 25.6 Å². The van der Waals surface area contributed by atoms with Gasteiger partial charge in [-0.2, -0.15) is 0 Å². The first kappa shape index (κ1) is 23.1. The number of amides is 2. The number of nitrogens with zero attached hydrogens (tertiary/aromatic N) is 2. The molecule has 0 radical (unpaired) electrons. The van der Waals surface area contributed by atoms with Crippen molar-refractivity contribution in [1.29, 1.82) is 0 Å². The molecule has 0 aliphatic rings. The van der Waals surface area contributed by atoms with E-state index >= 15 is 0 Å². The Morgan fingerprint density at radius 1 is 0.966 bits per heavy atom. The zero-order valence-electron chi connectivity index (χ0n) is 18.6. The average Bonchev–Trinajstić information content (AvgIpc) is 3.04. The van der Waals surface area contributed by atoms with Gasteiger partial charge in [-0.15, -0.1) is 11.3 Å². The number of rotatable bonds is 8. The van der Waals surface area contributed by atoms with Gasteiger partial charge in [0.15, 0.2) is 0 Å². The summed E-state index contributed by atoms with van der Waals surface area (Å²) in [5.74, 6) is 0.306. The fourth-order valence-corrected chi connectivity index (χ4v) is 4.10. The summed E-state index contributed by atoms with van der Waals surface area (Å²) < 4.78 is 0. The van der Waals surface area contributed by atoms with Crippen molar-refractivity contribution in [3.8, 4) is 0 Å². The summed E-state index contributed by atoms with van der Waals surface area (Å²) in [6, 6.07) is 14.2. The van der Waals surface area contributed by atoms with E-state index in [2.05, 4.69) is 32.9 Å². The molecule has 0 unspecified atom stereocenters. The van der Waals surface area contributed by atoms with E-state index in [1.807, 2.05) is 56.0 Å². The highest BCUT2D eigenvalue weighted by Crippen LogP contribution is 2.21. The zero-order chi connectivity index (χ0) is 21.6. The van der Waals surface area contributed by atoms with Crippen molar-refractivity contribution >= 4 is 23.2 Å². The zero-order valence-corrected chi connectivity index (χ0v) is 19.4. The van der Waals surface area contributed by atoms with Crippen LogP contribution < -0.4 is 0 Å². The molecular weight excluding hydrogens is 380 g/mol. The maximum absolute atomic E-state index is 13.3. The van der Waals surface area contributed by atoms with Crippen molar-refractivity contribution < 1.29 is 9.59 Å². The van der Waals surface area contributed by atoms with Crippen LogP contribution in [0.1, 0.15) is 49.9 Å². The molecule has 0 spiro atoms. The van der Waals surface area contributed by atoms with Crippen molar-refractivity contribution in [3.05, 3.63) is 57.8 Å². The largest absolute Gasteiger partial charge is 0.333 e. The third-order valence-corrected chi connectivity index (χ3v) is 5.54. The maximum Gasteiger partial charge on any atom is 0.242 e. The van der Waals surface area contributed by atoms with Crippen LogP contribution in [-0.4, -0.2) is 34.7 Å². The molecule has 2 amide bonds. The van der Waals surface area contributed by atoms with Gasteiger partial charge in [-0.1, -0.05) is 65.0 Å². The third kappa shape index (κ3) is 7.32. The van der Waals surface area contributed by atoms with Crippen molar-refractivity contribution in [2.75, 3.05) is 13.1 Å². The summed E-state index contributed by atoms with van der Waals surface area (Å²) in [6.45, 7) is 13.7. The first-order valence-corrected chi connectivity index (χ1v) is 11.0. The molecule has 2 rings (SSSR count). The normalized spacial score (nSPS) is 11.6. The minimum absolute atomic E-state index is 0.0156. The van der Waals surface area contributed by atoms with Gasteiger partial charge in [0, 0.05) is 28.3 Å². The molecule has 0 aliphatic carbocycles. The Morgan fingerprint density at radius 2 is 1.62 bits per heavy atom. The Kier molecular flexibility index (Phi) is 8.03. The van der Waals surface area contributed by atoms with E-state index in [1.54, 1.807) is 16.2 Å². The Balaban J connectivity index is 2.22. The van der Waals surface area contributed by atoms with Crippen LogP contribution in [0.4, 0.5) is 0 Å². The van der Waals surface area contributed by atoms with Crippen LogP contribution in [-0.2, 0) is 22.7 Å². The standard InChI is InChI=1S/C24H34N2O2S/c1-18(2)14-26(23(28)24(4,5)6)17-22(27)25(15-20-10-8-7-9-11-20)16-21-13-12-19(3)29-21/h7-13,18H,14-17H2,1-6H3. The van der Waals surface area contributed by atoms with Crippen LogP contribution in [0, 0.1) is 18.3 Å². The lowest BCUT2D eigenvalue weighted by Gasteiger charge is -2.32. The first-order chi connectivity index (χ1) is 13.6. The molecule has 0 saturated carbocycles. The molecule has 0 saturated heterocycles. The van der Waals surface area contributed by atoms with Crippen molar-refractivity contribution in [2.45, 2.75) is 54.6 Å². The van der Waals surface area contributed by atoms with Gasteiger partial charge >= 0.3 is 0 Å². The SMILES string of the molecule is Cc1ccc(CN(Cc2ccccc2)C(=O)CN(CC(C)C)C(=O)C(C)(C)C)s1. The molecule has 0 bridgehead atoms. The van der Waals surface area contributed by atoms with Gasteiger partial charge in [-0.25, -0.2) is 0 Å². The highest BCUT2D eigenvalue weighted by atomic mass is 32.1. The van der Waals surface area contributed by atoms with E-state index in [0.717, 1.165) is 10.4 Å². The van der Waals surface area contributed by atoms with Crippen molar-refractivity contribution in [1.82, 2.24) is 9.80 Å². The summed E-state index contributed by atoms with van der Waals surface area (Å²) in [7, 11) is 0. The second-order valence-electron chi connectivity index (χ2n) is 9.08. The second kappa shape index (κ2) is 10.1. The molecule has 4 nitrogen and oxygen atoms in total. The predicted octanol–water partition coefficient (Wildman–Crippen LogP) is 5.12. The van der Waals surface area contributed by atoms with Crippen molar-refractivity contribution in [2.24, 2.45) is 11.3 Å². The summed E-state index contributed by atoms with van der Waals surface area (Å²) in [6.07, 6.45) is 0. The van der Waals surface area contributed by atoms with Gasteiger partial charge in [0.05, 0.1) is 13.1 Å². The number of thiophene rings is 1. The number of benzene rings is 1. The summed E-state index contributed by atoms with van der Waals surface area (Å²) in [4.78, 5) is 32.2. The highest BCUT2D eigenvalue weighted by molar-refractivity contribution is 7.11. The number of carbonyl (C=O) groups excluding carboxylic acids is 2. The van der Waals surface area contributed by atoms with Crippen LogP contribution in [0.2, 0.25) is 0 Å². The molecule has 0 N–H and O–H groups in total. The number of hydrogen-bond donors (Lipinski definition) is 0. The number of hydrogen-bond acceptors (Lipinski definition) is 3. The Hall–Kier alpha value is -2.14.